The molecule has 0 N–H and O–H groups in total. The van der Waals surface area contributed by atoms with E-state index in [1.165, 1.54) is 5.56 Å². The zero-order valence-corrected chi connectivity index (χ0v) is 19.8. The molecule has 33 heavy (non-hydrogen) atoms. The van der Waals surface area contributed by atoms with Crippen LogP contribution in [0.1, 0.15) is 54.9 Å². The fourth-order valence-electron chi connectivity index (χ4n) is 5.30. The highest BCUT2D eigenvalue weighted by molar-refractivity contribution is 6.07. The van der Waals surface area contributed by atoms with Crippen LogP contribution < -0.4 is 0 Å². The minimum atomic E-state index is -0.162. The first-order valence-corrected chi connectivity index (χ1v) is 12.4. The molecule has 3 nitrogen and oxygen atoms in total. The van der Waals surface area contributed by atoms with E-state index < -0.39 is 0 Å². The van der Waals surface area contributed by atoms with Gasteiger partial charge in [0.25, 0.3) is 5.91 Å². The van der Waals surface area contributed by atoms with Crippen LogP contribution in [0, 0.1) is 11.7 Å². The van der Waals surface area contributed by atoms with Crippen LogP contribution in [0.25, 0.3) is 10.8 Å². The number of fused-ring (bicyclic) bond motifs is 1. The largest absolute Gasteiger partial charge is 0.338 e. The summed E-state index contributed by atoms with van der Waals surface area (Å²) >= 11 is 0. The van der Waals surface area contributed by atoms with Crippen molar-refractivity contribution >= 4 is 16.7 Å². The summed E-state index contributed by atoms with van der Waals surface area (Å²) < 4.78 is 13.2. The molecule has 5 rings (SSSR count). The molecule has 2 aliphatic rings. The van der Waals surface area contributed by atoms with E-state index in [0.717, 1.165) is 68.3 Å². The number of rotatable bonds is 4. The number of carbonyl (C=O) groups excluding carboxylic acids is 1. The lowest BCUT2D eigenvalue weighted by Gasteiger charge is -2.33. The predicted molar refractivity (Wildman–Crippen MR) is 134 cm³/mol. The molecule has 2 saturated heterocycles. The monoisotopic (exact) mass is 446 g/mol. The van der Waals surface area contributed by atoms with Crippen molar-refractivity contribution in [3.05, 3.63) is 83.7 Å². The summed E-state index contributed by atoms with van der Waals surface area (Å²) in [4.78, 5) is 17.8. The maximum atomic E-state index is 13.2. The van der Waals surface area contributed by atoms with E-state index in [0.29, 0.717) is 11.8 Å². The second-order valence-electron chi connectivity index (χ2n) is 9.06. The van der Waals surface area contributed by atoms with Gasteiger partial charge in [-0.25, -0.2) is 4.39 Å². The zero-order valence-electron chi connectivity index (χ0n) is 19.8. The zero-order chi connectivity index (χ0) is 23.2. The molecular weight excluding hydrogens is 411 g/mol. The standard InChI is InChI=1S/C27H29FN2O.C2H6/c28-24-10-8-21(9-11-24)22-13-15-29(16-14-22)18-20-12-17-30(19-20)27(31)26-7-3-5-23-4-1-2-6-25(23)26;1-2/h1-11,20,22H,12-19H2;1-2H3/t20-;/m1./s1. The van der Waals surface area contributed by atoms with Crippen molar-refractivity contribution in [1.82, 2.24) is 9.80 Å². The Hall–Kier alpha value is -2.72. The van der Waals surface area contributed by atoms with Crippen LogP contribution in [-0.2, 0) is 0 Å². The fraction of sp³-hybridized carbons (Fsp3) is 0.414. The topological polar surface area (TPSA) is 23.6 Å². The first-order valence-electron chi connectivity index (χ1n) is 12.4. The van der Waals surface area contributed by atoms with Gasteiger partial charge < -0.3 is 9.80 Å². The van der Waals surface area contributed by atoms with Gasteiger partial charge in [0, 0.05) is 25.2 Å². The molecule has 4 heteroatoms. The third-order valence-corrected chi connectivity index (χ3v) is 7.04. The van der Waals surface area contributed by atoms with E-state index in [4.69, 9.17) is 0 Å². The van der Waals surface area contributed by atoms with Crippen molar-refractivity contribution in [2.24, 2.45) is 5.92 Å². The third-order valence-electron chi connectivity index (χ3n) is 7.04. The summed E-state index contributed by atoms with van der Waals surface area (Å²) in [6, 6.07) is 21.1. The molecule has 0 bridgehead atoms. The van der Waals surface area contributed by atoms with Gasteiger partial charge in [0.05, 0.1) is 0 Å². The van der Waals surface area contributed by atoms with Gasteiger partial charge in [0.1, 0.15) is 5.82 Å². The molecule has 0 spiro atoms. The van der Waals surface area contributed by atoms with Gasteiger partial charge >= 0.3 is 0 Å². The Kier molecular flexibility index (Phi) is 7.77. The summed E-state index contributed by atoms with van der Waals surface area (Å²) in [7, 11) is 0. The van der Waals surface area contributed by atoms with E-state index in [9.17, 15) is 9.18 Å². The van der Waals surface area contributed by atoms with Gasteiger partial charge in [0.15, 0.2) is 0 Å². The lowest BCUT2D eigenvalue weighted by atomic mass is 9.89. The molecule has 0 unspecified atom stereocenters. The highest BCUT2D eigenvalue weighted by Crippen LogP contribution is 2.30. The Morgan fingerprint density at radius 2 is 1.58 bits per heavy atom. The Labute approximate surface area is 197 Å². The number of likely N-dealkylation sites (tertiary alicyclic amines) is 2. The van der Waals surface area contributed by atoms with E-state index in [-0.39, 0.29) is 11.7 Å². The van der Waals surface area contributed by atoms with Crippen LogP contribution in [-0.4, -0.2) is 48.4 Å². The summed E-state index contributed by atoms with van der Waals surface area (Å²) in [5.41, 5.74) is 2.08. The summed E-state index contributed by atoms with van der Waals surface area (Å²) in [6.45, 7) is 8.92. The maximum absolute atomic E-state index is 13.2. The first kappa shape index (κ1) is 23.4. The molecule has 2 heterocycles. The highest BCUT2D eigenvalue weighted by Gasteiger charge is 2.30. The molecule has 0 radical (unpaired) electrons. The van der Waals surface area contributed by atoms with Crippen LogP contribution in [0.3, 0.4) is 0 Å². The highest BCUT2D eigenvalue weighted by atomic mass is 19.1. The van der Waals surface area contributed by atoms with E-state index >= 15 is 0 Å². The second kappa shape index (κ2) is 10.9. The van der Waals surface area contributed by atoms with E-state index in [2.05, 4.69) is 17.0 Å². The lowest BCUT2D eigenvalue weighted by Crippen LogP contribution is -2.37. The first-order chi connectivity index (χ1) is 16.2. The van der Waals surface area contributed by atoms with Crippen LogP contribution in [0.4, 0.5) is 4.39 Å². The maximum Gasteiger partial charge on any atom is 0.254 e. The minimum absolute atomic E-state index is 0.161. The summed E-state index contributed by atoms with van der Waals surface area (Å²) in [5.74, 6) is 1.07. The van der Waals surface area contributed by atoms with Crippen molar-refractivity contribution in [2.45, 2.75) is 39.0 Å². The third kappa shape index (κ3) is 5.44. The Bertz CT molecular complexity index is 1050. The number of amides is 1. The van der Waals surface area contributed by atoms with E-state index in [1.807, 2.05) is 61.2 Å². The molecule has 1 amide bonds. The summed E-state index contributed by atoms with van der Waals surface area (Å²) in [5, 5.41) is 2.16. The number of benzene rings is 3. The molecule has 1 atom stereocenters. The van der Waals surface area contributed by atoms with Gasteiger partial charge in [-0.1, -0.05) is 62.4 Å². The normalized spacial score (nSPS) is 19.4. The van der Waals surface area contributed by atoms with Gasteiger partial charge in [-0.05, 0) is 78.7 Å². The smallest absolute Gasteiger partial charge is 0.254 e. The minimum Gasteiger partial charge on any atom is -0.338 e. The molecular formula is C29H35FN2O. The molecule has 0 aromatic heterocycles. The van der Waals surface area contributed by atoms with Crippen molar-refractivity contribution in [2.75, 3.05) is 32.7 Å². The summed E-state index contributed by atoms with van der Waals surface area (Å²) in [6.07, 6.45) is 3.32. The van der Waals surface area contributed by atoms with Crippen LogP contribution >= 0.6 is 0 Å². The molecule has 2 aliphatic heterocycles. The van der Waals surface area contributed by atoms with Gasteiger partial charge in [-0.15, -0.1) is 0 Å². The molecule has 0 saturated carbocycles. The average Bonchev–Trinajstić information content (AvgIpc) is 3.34. The van der Waals surface area contributed by atoms with Gasteiger partial charge in [-0.2, -0.15) is 0 Å². The quantitative estimate of drug-likeness (QED) is 0.466. The number of hydrogen-bond acceptors (Lipinski definition) is 2. The van der Waals surface area contributed by atoms with Crippen LogP contribution in [0.5, 0.6) is 0 Å². The molecule has 3 aromatic rings. The Morgan fingerprint density at radius 3 is 2.33 bits per heavy atom. The average molecular weight is 447 g/mol. The van der Waals surface area contributed by atoms with Gasteiger partial charge in [0.2, 0.25) is 0 Å². The number of nitrogens with zero attached hydrogens (tertiary/aromatic N) is 2. The van der Waals surface area contributed by atoms with Crippen molar-refractivity contribution in [3.63, 3.8) is 0 Å². The van der Waals surface area contributed by atoms with Crippen LogP contribution in [0.2, 0.25) is 0 Å². The number of carbonyl (C=O) groups is 1. The molecule has 3 aromatic carbocycles. The fourth-order valence-corrected chi connectivity index (χ4v) is 5.30. The molecule has 0 aliphatic carbocycles. The van der Waals surface area contributed by atoms with E-state index in [1.54, 1.807) is 12.1 Å². The van der Waals surface area contributed by atoms with Crippen LogP contribution in [0.15, 0.2) is 66.7 Å². The van der Waals surface area contributed by atoms with Crippen molar-refractivity contribution in [1.29, 1.82) is 0 Å². The number of hydrogen-bond donors (Lipinski definition) is 0. The predicted octanol–water partition coefficient (Wildman–Crippen LogP) is 6.35. The Morgan fingerprint density at radius 1 is 0.879 bits per heavy atom. The van der Waals surface area contributed by atoms with Gasteiger partial charge in [-0.3, -0.25) is 4.79 Å². The van der Waals surface area contributed by atoms with Crippen molar-refractivity contribution < 1.29 is 9.18 Å². The number of piperidine rings is 1. The Balaban J connectivity index is 0.00000126. The SMILES string of the molecule is CC.O=C(c1cccc2ccccc12)N1CC[C@H](CN2CCC(c3ccc(F)cc3)CC2)C1. The van der Waals surface area contributed by atoms with Crippen molar-refractivity contribution in [3.8, 4) is 0 Å². The number of halogens is 1. The second-order valence-corrected chi connectivity index (χ2v) is 9.06. The lowest BCUT2D eigenvalue weighted by molar-refractivity contribution is 0.0784. The molecule has 2 fully saturated rings. The molecule has 174 valence electrons.